The van der Waals surface area contributed by atoms with Crippen molar-refractivity contribution in [3.8, 4) is 0 Å². The highest BCUT2D eigenvalue weighted by Gasteiger charge is 2.50. The molecule has 0 aromatic heterocycles. The molecule has 1 aliphatic heterocycles. The molecule has 5 unspecified atom stereocenters. The maximum absolute atomic E-state index is 11.7. The van der Waals surface area contributed by atoms with Crippen LogP contribution in [-0.2, 0) is 39.8 Å². The number of benzene rings is 1. The van der Waals surface area contributed by atoms with Crippen LogP contribution in [0.2, 0.25) is 0 Å². The molecular formula is C22H30O7. The van der Waals surface area contributed by atoms with Gasteiger partial charge in [-0.05, 0) is 24.0 Å². The first-order valence-corrected chi connectivity index (χ1v) is 9.84. The molecule has 0 saturated carbocycles. The maximum atomic E-state index is 11.7. The van der Waals surface area contributed by atoms with Crippen molar-refractivity contribution in [2.75, 3.05) is 0 Å². The van der Waals surface area contributed by atoms with Crippen molar-refractivity contribution in [3.63, 3.8) is 0 Å². The third-order valence-electron chi connectivity index (χ3n) is 4.86. The molecule has 1 aliphatic rings. The highest BCUT2D eigenvalue weighted by atomic mass is 16.6. The number of rotatable bonds is 6. The van der Waals surface area contributed by atoms with E-state index in [1.165, 1.54) is 26.3 Å². The Morgan fingerprint density at radius 1 is 0.862 bits per heavy atom. The van der Waals surface area contributed by atoms with Gasteiger partial charge in [-0.25, -0.2) is 0 Å². The predicted octanol–water partition coefficient (Wildman–Crippen LogP) is 2.93. The predicted molar refractivity (Wildman–Crippen MR) is 105 cm³/mol. The Morgan fingerprint density at radius 3 is 1.83 bits per heavy atom. The zero-order valence-electron chi connectivity index (χ0n) is 17.8. The normalized spacial score (nSPS) is 26.7. The van der Waals surface area contributed by atoms with Gasteiger partial charge in [0.1, 0.15) is 6.10 Å². The van der Waals surface area contributed by atoms with Crippen LogP contribution in [0.1, 0.15) is 58.6 Å². The number of carbonyl (C=O) groups excluding carboxylic acids is 3. The van der Waals surface area contributed by atoms with Crippen LogP contribution in [-0.4, -0.2) is 48.4 Å². The molecule has 1 heterocycles. The quantitative estimate of drug-likeness (QED) is 0.530. The van der Waals surface area contributed by atoms with E-state index in [0.29, 0.717) is 12.3 Å². The first-order chi connectivity index (χ1) is 13.6. The van der Waals surface area contributed by atoms with E-state index in [2.05, 4.69) is 26.0 Å². The molecular weight excluding hydrogens is 376 g/mol. The van der Waals surface area contributed by atoms with Crippen LogP contribution in [0, 0.1) is 0 Å². The fraction of sp³-hybridized carbons (Fsp3) is 0.591. The molecule has 1 saturated heterocycles. The molecule has 160 valence electrons. The molecule has 0 radical (unpaired) electrons. The van der Waals surface area contributed by atoms with E-state index in [-0.39, 0.29) is 0 Å². The Morgan fingerprint density at radius 2 is 1.34 bits per heavy atom. The van der Waals surface area contributed by atoms with Crippen molar-refractivity contribution in [3.05, 3.63) is 35.4 Å². The summed E-state index contributed by atoms with van der Waals surface area (Å²) in [4.78, 5) is 35.0. The van der Waals surface area contributed by atoms with Gasteiger partial charge in [-0.2, -0.15) is 0 Å². The summed E-state index contributed by atoms with van der Waals surface area (Å²) in [6.07, 6.45) is -3.39. The van der Waals surface area contributed by atoms with Gasteiger partial charge >= 0.3 is 17.9 Å². The minimum Gasteiger partial charge on any atom is -0.456 e. The number of carbonyl (C=O) groups is 3. The van der Waals surface area contributed by atoms with Gasteiger partial charge in [0, 0.05) is 27.2 Å². The van der Waals surface area contributed by atoms with Crippen molar-refractivity contribution in [2.24, 2.45) is 0 Å². The van der Waals surface area contributed by atoms with E-state index in [0.717, 1.165) is 5.56 Å². The molecule has 0 aliphatic carbocycles. The van der Waals surface area contributed by atoms with E-state index in [4.69, 9.17) is 18.9 Å². The third kappa shape index (κ3) is 6.29. The minimum atomic E-state index is -0.955. The van der Waals surface area contributed by atoms with Crippen LogP contribution >= 0.6 is 0 Å². The summed E-state index contributed by atoms with van der Waals surface area (Å²) in [6, 6.07) is 8.12. The summed E-state index contributed by atoms with van der Waals surface area (Å²) < 4.78 is 22.3. The summed E-state index contributed by atoms with van der Waals surface area (Å²) in [7, 11) is 0. The SMILES string of the molecule is CC(=O)OC1C(C)OC(Cc2ccc(C(C)C)cc2)C(OC(C)=O)C1OC(C)=O. The Hall–Kier alpha value is -2.41. The molecule has 29 heavy (non-hydrogen) atoms. The summed E-state index contributed by atoms with van der Waals surface area (Å²) in [5.41, 5.74) is 2.21. The first-order valence-electron chi connectivity index (χ1n) is 9.84. The maximum Gasteiger partial charge on any atom is 0.303 e. The van der Waals surface area contributed by atoms with Gasteiger partial charge in [-0.15, -0.1) is 0 Å². The Bertz CT molecular complexity index is 725. The topological polar surface area (TPSA) is 88.1 Å². The van der Waals surface area contributed by atoms with Crippen LogP contribution in [0.4, 0.5) is 0 Å². The lowest BCUT2D eigenvalue weighted by molar-refractivity contribution is -0.243. The standard InChI is InChI=1S/C22H30O7/c1-12(2)18-9-7-17(8-10-18)11-19-21(28-15(5)24)22(29-16(6)25)20(13(3)26-19)27-14(4)23/h7-10,12-13,19-22H,11H2,1-6H3. The molecule has 0 N–H and O–H groups in total. The second-order valence-electron chi connectivity index (χ2n) is 7.70. The Kier molecular flexibility index (Phi) is 7.79. The van der Waals surface area contributed by atoms with Crippen LogP contribution < -0.4 is 0 Å². The van der Waals surface area contributed by atoms with Crippen molar-refractivity contribution in [2.45, 2.75) is 84.4 Å². The van der Waals surface area contributed by atoms with Crippen LogP contribution in [0.15, 0.2) is 24.3 Å². The van der Waals surface area contributed by atoms with Gasteiger partial charge in [0.15, 0.2) is 18.3 Å². The number of hydrogen-bond donors (Lipinski definition) is 0. The van der Waals surface area contributed by atoms with Crippen LogP contribution in [0.5, 0.6) is 0 Å². The fourth-order valence-corrected chi connectivity index (χ4v) is 3.55. The smallest absolute Gasteiger partial charge is 0.303 e. The summed E-state index contributed by atoms with van der Waals surface area (Å²) in [5.74, 6) is -1.21. The highest BCUT2D eigenvalue weighted by molar-refractivity contribution is 5.68. The second-order valence-corrected chi connectivity index (χ2v) is 7.70. The van der Waals surface area contributed by atoms with Crippen molar-refractivity contribution >= 4 is 17.9 Å². The number of esters is 3. The molecule has 0 spiro atoms. The van der Waals surface area contributed by atoms with E-state index < -0.39 is 48.4 Å². The van der Waals surface area contributed by atoms with Crippen LogP contribution in [0.25, 0.3) is 0 Å². The fourth-order valence-electron chi connectivity index (χ4n) is 3.55. The highest BCUT2D eigenvalue weighted by Crippen LogP contribution is 2.30. The first kappa shape index (κ1) is 22.9. The van der Waals surface area contributed by atoms with Crippen molar-refractivity contribution in [1.82, 2.24) is 0 Å². The van der Waals surface area contributed by atoms with Gasteiger partial charge in [0.05, 0.1) is 6.10 Å². The molecule has 1 aromatic rings. The monoisotopic (exact) mass is 406 g/mol. The lowest BCUT2D eigenvalue weighted by Crippen LogP contribution is -2.61. The molecule has 7 heteroatoms. The zero-order chi connectivity index (χ0) is 21.7. The molecule has 1 fully saturated rings. The molecule has 0 bridgehead atoms. The minimum absolute atomic E-state index is 0.418. The van der Waals surface area contributed by atoms with Gasteiger partial charge in [-0.1, -0.05) is 38.1 Å². The van der Waals surface area contributed by atoms with Gasteiger partial charge in [0.25, 0.3) is 0 Å². The average molecular weight is 406 g/mol. The number of ether oxygens (including phenoxy) is 4. The van der Waals surface area contributed by atoms with Crippen molar-refractivity contribution < 1.29 is 33.3 Å². The molecule has 7 nitrogen and oxygen atoms in total. The third-order valence-corrected chi connectivity index (χ3v) is 4.86. The largest absolute Gasteiger partial charge is 0.456 e. The van der Waals surface area contributed by atoms with E-state index >= 15 is 0 Å². The van der Waals surface area contributed by atoms with Gasteiger partial charge in [-0.3, -0.25) is 14.4 Å². The van der Waals surface area contributed by atoms with Gasteiger partial charge < -0.3 is 18.9 Å². The summed E-state index contributed by atoms with van der Waals surface area (Å²) in [6.45, 7) is 9.78. The summed E-state index contributed by atoms with van der Waals surface area (Å²) >= 11 is 0. The van der Waals surface area contributed by atoms with Gasteiger partial charge in [0.2, 0.25) is 0 Å². The van der Waals surface area contributed by atoms with E-state index in [9.17, 15) is 14.4 Å². The average Bonchev–Trinajstić information content (AvgIpc) is 2.61. The van der Waals surface area contributed by atoms with Crippen LogP contribution in [0.3, 0.4) is 0 Å². The Labute approximate surface area is 171 Å². The second kappa shape index (κ2) is 9.87. The molecule has 2 rings (SSSR count). The summed E-state index contributed by atoms with van der Waals surface area (Å²) in [5, 5.41) is 0. The number of hydrogen-bond acceptors (Lipinski definition) is 7. The molecule has 5 atom stereocenters. The van der Waals surface area contributed by atoms with E-state index in [1.54, 1.807) is 6.92 Å². The van der Waals surface area contributed by atoms with Crippen molar-refractivity contribution in [1.29, 1.82) is 0 Å². The lowest BCUT2D eigenvalue weighted by atomic mass is 9.90. The Balaban J connectivity index is 2.32. The molecule has 0 amide bonds. The molecule has 1 aromatic carbocycles. The zero-order valence-corrected chi connectivity index (χ0v) is 17.8. The van der Waals surface area contributed by atoms with E-state index in [1.807, 2.05) is 12.1 Å². The lowest BCUT2D eigenvalue weighted by Gasteiger charge is -2.44.